The minimum Gasteiger partial charge on any atom is -0.339 e. The second-order valence-corrected chi connectivity index (χ2v) is 5.97. The summed E-state index contributed by atoms with van der Waals surface area (Å²) in [7, 11) is 0. The average Bonchev–Trinajstić information content (AvgIpc) is 2.93. The summed E-state index contributed by atoms with van der Waals surface area (Å²) in [4.78, 5) is 4.43. The first-order chi connectivity index (χ1) is 10.0. The van der Waals surface area contributed by atoms with E-state index in [9.17, 15) is 4.39 Å². The van der Waals surface area contributed by atoms with Crippen molar-refractivity contribution in [1.82, 2.24) is 15.5 Å². The van der Waals surface area contributed by atoms with Crippen molar-refractivity contribution in [2.75, 3.05) is 6.54 Å². The molecule has 2 atom stereocenters. The highest BCUT2D eigenvalue weighted by Gasteiger charge is 2.21. The lowest BCUT2D eigenvalue weighted by atomic mass is 10.0. The van der Waals surface area contributed by atoms with Crippen LogP contribution in [0.3, 0.4) is 0 Å². The van der Waals surface area contributed by atoms with Gasteiger partial charge in [-0.05, 0) is 54.0 Å². The first-order valence-corrected chi connectivity index (χ1v) is 7.84. The van der Waals surface area contributed by atoms with E-state index in [1.165, 1.54) is 12.1 Å². The Balaban J connectivity index is 2.17. The predicted molar refractivity (Wildman–Crippen MR) is 83.6 cm³/mol. The van der Waals surface area contributed by atoms with Crippen LogP contribution in [0.5, 0.6) is 0 Å². The Morgan fingerprint density at radius 2 is 2.14 bits per heavy atom. The van der Waals surface area contributed by atoms with Gasteiger partial charge >= 0.3 is 0 Å². The standard InChI is InChI=1S/C15H19BrFN3O/c1-4-7-18-10(3)9(2)15-19-14(20-21-15)12-6-5-11(17)8-13(12)16/h5-6,8-10,18H,4,7H2,1-3H3. The molecule has 0 amide bonds. The number of nitrogens with zero attached hydrogens (tertiary/aromatic N) is 2. The Morgan fingerprint density at radius 3 is 2.81 bits per heavy atom. The molecule has 4 nitrogen and oxygen atoms in total. The molecule has 0 radical (unpaired) electrons. The van der Waals surface area contributed by atoms with E-state index in [-0.39, 0.29) is 17.8 Å². The van der Waals surface area contributed by atoms with Gasteiger partial charge in [0.05, 0.1) is 5.92 Å². The molecule has 1 aromatic heterocycles. The molecule has 0 spiro atoms. The van der Waals surface area contributed by atoms with Crippen LogP contribution in [0.2, 0.25) is 0 Å². The van der Waals surface area contributed by atoms with Crippen LogP contribution in [0.4, 0.5) is 4.39 Å². The minimum absolute atomic E-state index is 0.108. The summed E-state index contributed by atoms with van der Waals surface area (Å²) in [6.07, 6.45) is 1.08. The van der Waals surface area contributed by atoms with Crippen molar-refractivity contribution in [1.29, 1.82) is 0 Å². The van der Waals surface area contributed by atoms with E-state index in [0.29, 0.717) is 21.8 Å². The third-order valence-corrected chi connectivity index (χ3v) is 4.13. The van der Waals surface area contributed by atoms with Gasteiger partial charge in [0.1, 0.15) is 5.82 Å². The maximum atomic E-state index is 13.1. The number of nitrogens with one attached hydrogen (secondary N) is 1. The quantitative estimate of drug-likeness (QED) is 0.846. The predicted octanol–water partition coefficient (Wildman–Crippen LogP) is 4.13. The molecule has 21 heavy (non-hydrogen) atoms. The number of halogens is 2. The molecule has 2 unspecified atom stereocenters. The first-order valence-electron chi connectivity index (χ1n) is 7.05. The third-order valence-electron chi connectivity index (χ3n) is 3.47. The molecule has 1 heterocycles. The lowest BCUT2D eigenvalue weighted by Crippen LogP contribution is -2.31. The van der Waals surface area contributed by atoms with Crippen LogP contribution in [-0.2, 0) is 0 Å². The molecule has 0 aliphatic heterocycles. The van der Waals surface area contributed by atoms with Crippen molar-refractivity contribution >= 4 is 15.9 Å². The van der Waals surface area contributed by atoms with Gasteiger partial charge in [-0.25, -0.2) is 4.39 Å². The van der Waals surface area contributed by atoms with Crippen LogP contribution in [0.1, 0.15) is 39.0 Å². The molecule has 0 aliphatic carbocycles. The van der Waals surface area contributed by atoms with E-state index in [4.69, 9.17) is 4.52 Å². The van der Waals surface area contributed by atoms with Gasteiger partial charge in [0, 0.05) is 16.1 Å². The fraction of sp³-hybridized carbons (Fsp3) is 0.467. The molecule has 2 aromatic rings. The van der Waals surface area contributed by atoms with Gasteiger partial charge in [-0.3, -0.25) is 0 Å². The Kier molecular flexibility index (Phi) is 5.47. The maximum absolute atomic E-state index is 13.1. The van der Waals surface area contributed by atoms with E-state index >= 15 is 0 Å². The molecule has 0 bridgehead atoms. The smallest absolute Gasteiger partial charge is 0.231 e. The van der Waals surface area contributed by atoms with Crippen LogP contribution in [0.15, 0.2) is 27.2 Å². The Labute approximate surface area is 132 Å². The van der Waals surface area contributed by atoms with Gasteiger partial charge < -0.3 is 9.84 Å². The summed E-state index contributed by atoms with van der Waals surface area (Å²) in [5, 5.41) is 7.41. The normalized spacial score (nSPS) is 14.1. The lowest BCUT2D eigenvalue weighted by molar-refractivity contribution is 0.331. The van der Waals surface area contributed by atoms with Gasteiger partial charge in [0.15, 0.2) is 0 Å². The van der Waals surface area contributed by atoms with Crippen LogP contribution in [0, 0.1) is 5.82 Å². The zero-order chi connectivity index (χ0) is 15.4. The summed E-state index contributed by atoms with van der Waals surface area (Å²) < 4.78 is 19.1. The molecule has 1 N–H and O–H groups in total. The van der Waals surface area contributed by atoms with Crippen molar-refractivity contribution in [2.45, 2.75) is 39.2 Å². The second-order valence-electron chi connectivity index (χ2n) is 5.11. The summed E-state index contributed by atoms with van der Waals surface area (Å²) in [5.74, 6) is 0.848. The van der Waals surface area contributed by atoms with Crippen LogP contribution >= 0.6 is 15.9 Å². The number of hydrogen-bond donors (Lipinski definition) is 1. The van der Waals surface area contributed by atoms with Gasteiger partial charge in [0.25, 0.3) is 0 Å². The first kappa shape index (κ1) is 16.1. The van der Waals surface area contributed by atoms with E-state index in [2.05, 4.69) is 45.2 Å². The molecular weight excluding hydrogens is 337 g/mol. The molecule has 2 rings (SSSR count). The van der Waals surface area contributed by atoms with E-state index in [1.807, 2.05) is 6.92 Å². The largest absolute Gasteiger partial charge is 0.339 e. The average molecular weight is 356 g/mol. The lowest BCUT2D eigenvalue weighted by Gasteiger charge is -2.17. The highest BCUT2D eigenvalue weighted by Crippen LogP contribution is 2.28. The second kappa shape index (κ2) is 7.13. The monoisotopic (exact) mass is 355 g/mol. The Morgan fingerprint density at radius 1 is 1.38 bits per heavy atom. The fourth-order valence-electron chi connectivity index (χ4n) is 1.96. The molecule has 0 aliphatic rings. The summed E-state index contributed by atoms with van der Waals surface area (Å²) in [6, 6.07) is 4.65. The van der Waals surface area contributed by atoms with Crippen molar-refractivity contribution in [3.05, 3.63) is 34.4 Å². The third kappa shape index (κ3) is 3.89. The SMILES string of the molecule is CCCNC(C)C(C)c1nc(-c2ccc(F)cc2Br)no1. The molecule has 0 saturated carbocycles. The van der Waals surface area contributed by atoms with Gasteiger partial charge in [-0.1, -0.05) is 19.0 Å². The van der Waals surface area contributed by atoms with E-state index < -0.39 is 0 Å². The Hall–Kier alpha value is -1.27. The van der Waals surface area contributed by atoms with Gasteiger partial charge in [-0.2, -0.15) is 4.98 Å². The van der Waals surface area contributed by atoms with E-state index in [0.717, 1.165) is 13.0 Å². The van der Waals surface area contributed by atoms with Crippen molar-refractivity contribution in [2.24, 2.45) is 0 Å². The van der Waals surface area contributed by atoms with Crippen LogP contribution in [0.25, 0.3) is 11.4 Å². The summed E-state index contributed by atoms with van der Waals surface area (Å²) in [6.45, 7) is 7.22. The molecule has 1 aromatic carbocycles. The topological polar surface area (TPSA) is 51.0 Å². The minimum atomic E-state index is -0.305. The molecule has 114 valence electrons. The zero-order valence-electron chi connectivity index (χ0n) is 12.4. The summed E-state index contributed by atoms with van der Waals surface area (Å²) >= 11 is 3.32. The van der Waals surface area contributed by atoms with Gasteiger partial charge in [-0.15, -0.1) is 0 Å². The number of aromatic nitrogens is 2. The Bertz CT molecular complexity index is 602. The van der Waals surface area contributed by atoms with E-state index in [1.54, 1.807) is 6.07 Å². The summed E-state index contributed by atoms with van der Waals surface area (Å²) in [5.41, 5.74) is 0.716. The van der Waals surface area contributed by atoms with Crippen molar-refractivity contribution < 1.29 is 8.91 Å². The van der Waals surface area contributed by atoms with Crippen LogP contribution < -0.4 is 5.32 Å². The fourth-order valence-corrected chi connectivity index (χ4v) is 2.49. The zero-order valence-corrected chi connectivity index (χ0v) is 13.9. The highest BCUT2D eigenvalue weighted by atomic mass is 79.9. The van der Waals surface area contributed by atoms with Crippen molar-refractivity contribution in [3.63, 3.8) is 0 Å². The molecular formula is C15H19BrFN3O. The number of hydrogen-bond acceptors (Lipinski definition) is 4. The van der Waals surface area contributed by atoms with Gasteiger partial charge in [0.2, 0.25) is 11.7 Å². The van der Waals surface area contributed by atoms with Crippen LogP contribution in [-0.4, -0.2) is 22.7 Å². The number of benzene rings is 1. The van der Waals surface area contributed by atoms with Crippen molar-refractivity contribution in [3.8, 4) is 11.4 Å². The highest BCUT2D eigenvalue weighted by molar-refractivity contribution is 9.10. The molecule has 0 saturated heterocycles. The molecule has 6 heteroatoms. The molecule has 0 fully saturated rings. The number of rotatable bonds is 6. The maximum Gasteiger partial charge on any atom is 0.231 e.